The van der Waals surface area contributed by atoms with E-state index in [0.29, 0.717) is 36.0 Å². The van der Waals surface area contributed by atoms with Crippen LogP contribution in [0.25, 0.3) is 0 Å². The minimum Gasteiger partial charge on any atom is -0.338 e. The lowest BCUT2D eigenvalue weighted by molar-refractivity contribution is -0.125. The van der Waals surface area contributed by atoms with Gasteiger partial charge in [-0.05, 0) is 12.5 Å². The SMILES string of the molecule is C=CCN(C)C(=O)C(=C/CC)/C(=C\CBr)NC=O.CC. The number of nitrogens with zero attached hydrogens (tertiary/aromatic N) is 1. The third-order valence-corrected chi connectivity index (χ3v) is 2.50. The molecule has 0 aliphatic carbocycles. The van der Waals surface area contributed by atoms with Crippen molar-refractivity contribution in [2.45, 2.75) is 27.2 Å². The van der Waals surface area contributed by atoms with Gasteiger partial charge in [0.2, 0.25) is 6.41 Å². The fourth-order valence-electron chi connectivity index (χ4n) is 1.39. The Kier molecular flexibility index (Phi) is 14.7. The molecule has 0 atom stereocenters. The smallest absolute Gasteiger partial charge is 0.255 e. The Hall–Kier alpha value is -1.36. The lowest BCUT2D eigenvalue weighted by Crippen LogP contribution is -2.31. The number of hydrogen-bond donors (Lipinski definition) is 1. The van der Waals surface area contributed by atoms with Crippen molar-refractivity contribution >= 4 is 28.2 Å². The number of alkyl halides is 1. The van der Waals surface area contributed by atoms with Crippen LogP contribution in [-0.2, 0) is 9.59 Å². The molecule has 20 heavy (non-hydrogen) atoms. The Morgan fingerprint density at radius 2 is 1.95 bits per heavy atom. The van der Waals surface area contributed by atoms with Gasteiger partial charge in [0.05, 0.1) is 5.57 Å². The molecule has 0 bridgehead atoms. The van der Waals surface area contributed by atoms with Gasteiger partial charge in [0.15, 0.2) is 0 Å². The van der Waals surface area contributed by atoms with Crippen molar-refractivity contribution in [1.29, 1.82) is 0 Å². The van der Waals surface area contributed by atoms with E-state index >= 15 is 0 Å². The van der Waals surface area contributed by atoms with Gasteiger partial charge < -0.3 is 10.2 Å². The largest absolute Gasteiger partial charge is 0.338 e. The first-order valence-corrected chi connectivity index (χ1v) is 7.77. The molecule has 0 aliphatic rings. The van der Waals surface area contributed by atoms with Crippen LogP contribution in [0.2, 0.25) is 0 Å². The van der Waals surface area contributed by atoms with Gasteiger partial charge in [-0.3, -0.25) is 9.59 Å². The number of hydrogen-bond acceptors (Lipinski definition) is 2. The van der Waals surface area contributed by atoms with Crippen molar-refractivity contribution in [1.82, 2.24) is 10.2 Å². The summed E-state index contributed by atoms with van der Waals surface area (Å²) in [5.74, 6) is -0.140. The molecule has 2 amide bonds. The highest BCUT2D eigenvalue weighted by Crippen LogP contribution is 2.12. The van der Waals surface area contributed by atoms with Gasteiger partial charge in [0.1, 0.15) is 0 Å². The number of rotatable bonds is 8. The summed E-state index contributed by atoms with van der Waals surface area (Å²) in [7, 11) is 1.69. The van der Waals surface area contributed by atoms with E-state index < -0.39 is 0 Å². The first-order chi connectivity index (χ1) is 9.62. The maximum Gasteiger partial charge on any atom is 0.255 e. The monoisotopic (exact) mass is 344 g/mol. The van der Waals surface area contributed by atoms with Crippen LogP contribution in [0.3, 0.4) is 0 Å². The van der Waals surface area contributed by atoms with Gasteiger partial charge in [-0.1, -0.05) is 48.9 Å². The fourth-order valence-corrected chi connectivity index (χ4v) is 1.71. The first kappa shape index (κ1) is 20.9. The first-order valence-electron chi connectivity index (χ1n) is 6.65. The molecule has 0 spiro atoms. The average molecular weight is 345 g/mol. The number of halogens is 1. The van der Waals surface area contributed by atoms with E-state index in [0.717, 1.165) is 0 Å². The molecule has 114 valence electrons. The maximum atomic E-state index is 12.2. The number of allylic oxidation sites excluding steroid dienone is 2. The zero-order valence-electron chi connectivity index (χ0n) is 12.8. The molecule has 5 heteroatoms. The summed E-state index contributed by atoms with van der Waals surface area (Å²) in [4.78, 5) is 24.3. The second-order valence-corrected chi connectivity index (χ2v) is 4.18. The molecule has 1 N–H and O–H groups in total. The van der Waals surface area contributed by atoms with Crippen LogP contribution in [0.5, 0.6) is 0 Å². The van der Waals surface area contributed by atoms with E-state index in [4.69, 9.17) is 0 Å². The highest BCUT2D eigenvalue weighted by Gasteiger charge is 2.17. The van der Waals surface area contributed by atoms with E-state index in [-0.39, 0.29) is 5.91 Å². The lowest BCUT2D eigenvalue weighted by Gasteiger charge is -2.18. The zero-order valence-corrected chi connectivity index (χ0v) is 14.4. The molecular formula is C15H25BrN2O2. The van der Waals surface area contributed by atoms with Crippen molar-refractivity contribution in [2.75, 3.05) is 18.9 Å². The highest BCUT2D eigenvalue weighted by atomic mass is 79.9. The molecule has 0 radical (unpaired) electrons. The standard InChI is InChI=1S/C13H19BrN2O2.C2H6/c1-4-6-11(12(7-8-14)15-10-17)13(18)16(3)9-5-2;1-2/h5-7,10H,2,4,8-9H2,1,3H3,(H,15,17);1-2H3/b11-6+,12-7+;. The van der Waals surface area contributed by atoms with Crippen molar-refractivity contribution in [3.8, 4) is 0 Å². The van der Waals surface area contributed by atoms with Crippen molar-refractivity contribution in [2.24, 2.45) is 0 Å². The van der Waals surface area contributed by atoms with Gasteiger partial charge in [0, 0.05) is 24.6 Å². The Balaban J connectivity index is 0. The van der Waals surface area contributed by atoms with E-state index in [1.165, 1.54) is 0 Å². The van der Waals surface area contributed by atoms with Crippen molar-refractivity contribution < 1.29 is 9.59 Å². The number of likely N-dealkylation sites (N-methyl/N-ethyl adjacent to an activating group) is 1. The Morgan fingerprint density at radius 1 is 1.35 bits per heavy atom. The minimum atomic E-state index is -0.140. The third-order valence-electron chi connectivity index (χ3n) is 2.17. The van der Waals surface area contributed by atoms with Crippen LogP contribution in [0.1, 0.15) is 27.2 Å². The quantitative estimate of drug-likeness (QED) is 0.242. The third kappa shape index (κ3) is 7.94. The molecule has 0 unspecified atom stereocenters. The summed E-state index contributed by atoms with van der Waals surface area (Å²) in [6.07, 6.45) is 6.48. The van der Waals surface area contributed by atoms with E-state index in [1.807, 2.05) is 20.8 Å². The summed E-state index contributed by atoms with van der Waals surface area (Å²) in [6, 6.07) is 0. The average Bonchev–Trinajstić information content (AvgIpc) is 2.46. The van der Waals surface area contributed by atoms with E-state index in [2.05, 4.69) is 27.8 Å². The molecule has 0 rings (SSSR count). The molecule has 0 saturated carbocycles. The number of carbonyl (C=O) groups is 2. The molecule has 0 aromatic rings. The topological polar surface area (TPSA) is 49.4 Å². The fraction of sp³-hybridized carbons (Fsp3) is 0.467. The summed E-state index contributed by atoms with van der Waals surface area (Å²) in [6.45, 7) is 10.00. The molecular weight excluding hydrogens is 320 g/mol. The predicted octanol–water partition coefficient (Wildman–Crippen LogP) is 3.02. The van der Waals surface area contributed by atoms with Crippen LogP contribution >= 0.6 is 15.9 Å². The molecule has 0 fully saturated rings. The maximum absolute atomic E-state index is 12.2. The normalized spacial score (nSPS) is 11.1. The Morgan fingerprint density at radius 3 is 2.35 bits per heavy atom. The molecule has 0 aromatic heterocycles. The summed E-state index contributed by atoms with van der Waals surface area (Å²) in [5.41, 5.74) is 1.01. The van der Waals surface area contributed by atoms with Gasteiger partial charge in [-0.2, -0.15) is 0 Å². The van der Waals surface area contributed by atoms with Gasteiger partial charge in [-0.25, -0.2) is 0 Å². The van der Waals surface area contributed by atoms with E-state index in [9.17, 15) is 9.59 Å². The number of nitrogens with one attached hydrogen (secondary N) is 1. The van der Waals surface area contributed by atoms with Crippen LogP contribution in [0, 0.1) is 0 Å². The molecule has 0 aromatic carbocycles. The van der Waals surface area contributed by atoms with Gasteiger partial charge in [0.25, 0.3) is 5.91 Å². The van der Waals surface area contributed by atoms with Gasteiger partial charge >= 0.3 is 0 Å². The Labute approximate surface area is 130 Å². The summed E-state index contributed by atoms with van der Waals surface area (Å²) in [5, 5.41) is 3.11. The lowest BCUT2D eigenvalue weighted by atomic mass is 10.1. The molecule has 4 nitrogen and oxygen atoms in total. The van der Waals surface area contributed by atoms with Crippen LogP contribution in [-0.4, -0.2) is 36.1 Å². The van der Waals surface area contributed by atoms with Crippen LogP contribution < -0.4 is 5.32 Å². The van der Waals surface area contributed by atoms with Crippen LogP contribution in [0.15, 0.2) is 36.1 Å². The number of amides is 2. The zero-order chi connectivity index (χ0) is 16.0. The Bertz CT molecular complexity index is 363. The van der Waals surface area contributed by atoms with Crippen molar-refractivity contribution in [3.05, 3.63) is 36.1 Å². The molecule has 0 heterocycles. The second kappa shape index (κ2) is 14.1. The second-order valence-electron chi connectivity index (χ2n) is 3.53. The summed E-state index contributed by atoms with van der Waals surface area (Å²) >= 11 is 3.26. The summed E-state index contributed by atoms with van der Waals surface area (Å²) < 4.78 is 0. The predicted molar refractivity (Wildman–Crippen MR) is 88.6 cm³/mol. The molecule has 0 saturated heterocycles. The highest BCUT2D eigenvalue weighted by molar-refractivity contribution is 9.09. The minimum absolute atomic E-state index is 0.140. The molecule has 0 aliphatic heterocycles. The van der Waals surface area contributed by atoms with E-state index in [1.54, 1.807) is 30.2 Å². The number of carbonyl (C=O) groups excluding carboxylic acids is 2. The van der Waals surface area contributed by atoms with Gasteiger partial charge in [-0.15, -0.1) is 6.58 Å². The van der Waals surface area contributed by atoms with Crippen molar-refractivity contribution in [3.63, 3.8) is 0 Å². The van der Waals surface area contributed by atoms with Crippen LogP contribution in [0.4, 0.5) is 0 Å².